The fourth-order valence-corrected chi connectivity index (χ4v) is 4.65. The summed E-state index contributed by atoms with van der Waals surface area (Å²) in [7, 11) is -2.24. The van der Waals surface area contributed by atoms with Crippen LogP contribution >= 0.6 is 11.3 Å². The Kier molecular flexibility index (Phi) is 5.77. The number of amides is 1. The van der Waals surface area contributed by atoms with Crippen LogP contribution in [-0.4, -0.2) is 49.9 Å². The molecule has 1 saturated heterocycles. The van der Waals surface area contributed by atoms with Crippen molar-refractivity contribution >= 4 is 33.2 Å². The van der Waals surface area contributed by atoms with Crippen molar-refractivity contribution in [2.45, 2.75) is 43.0 Å². The molecule has 128 valence electrons. The summed E-state index contributed by atoms with van der Waals surface area (Å²) in [5, 5.41) is 10.3. The van der Waals surface area contributed by atoms with Crippen molar-refractivity contribution in [1.29, 1.82) is 0 Å². The van der Waals surface area contributed by atoms with Gasteiger partial charge in [0.15, 0.2) is 0 Å². The predicted molar refractivity (Wildman–Crippen MR) is 86.1 cm³/mol. The molecule has 1 unspecified atom stereocenters. The molecule has 9 heteroatoms. The third-order valence-electron chi connectivity index (χ3n) is 3.94. The molecule has 2 rings (SSSR count). The van der Waals surface area contributed by atoms with E-state index in [0.29, 0.717) is 17.8 Å². The average molecular weight is 360 g/mol. The van der Waals surface area contributed by atoms with Crippen molar-refractivity contribution < 1.29 is 23.1 Å². The summed E-state index contributed by atoms with van der Waals surface area (Å²) in [6.07, 6.45) is 3.08. The van der Waals surface area contributed by atoms with E-state index in [1.54, 1.807) is 4.90 Å². The number of hydrogen-bond donors (Lipinski definition) is 2. The summed E-state index contributed by atoms with van der Waals surface area (Å²) in [6.45, 7) is 0.579. The lowest BCUT2D eigenvalue weighted by Gasteiger charge is -2.35. The molecule has 2 heterocycles. The molecule has 2 N–H and O–H groups in total. The van der Waals surface area contributed by atoms with E-state index in [1.807, 2.05) is 0 Å². The van der Waals surface area contributed by atoms with Gasteiger partial charge < -0.3 is 10.0 Å². The van der Waals surface area contributed by atoms with Gasteiger partial charge in [0, 0.05) is 24.4 Å². The molecule has 1 aromatic rings. The van der Waals surface area contributed by atoms with E-state index in [4.69, 9.17) is 5.11 Å². The van der Waals surface area contributed by atoms with Crippen LogP contribution in [0.1, 0.15) is 41.8 Å². The molecule has 0 saturated carbocycles. The lowest BCUT2D eigenvalue weighted by molar-refractivity contribution is -0.137. The Labute approximate surface area is 139 Å². The molecule has 0 bridgehead atoms. The van der Waals surface area contributed by atoms with Crippen molar-refractivity contribution in [2.75, 3.05) is 13.6 Å². The zero-order chi connectivity index (χ0) is 17.0. The third-order valence-corrected chi connectivity index (χ3v) is 6.41. The van der Waals surface area contributed by atoms with Gasteiger partial charge in [-0.05, 0) is 38.8 Å². The Morgan fingerprint density at radius 3 is 2.83 bits per heavy atom. The number of nitrogens with zero attached hydrogens (tertiary/aromatic N) is 1. The molecule has 1 amide bonds. The quantitative estimate of drug-likeness (QED) is 0.800. The van der Waals surface area contributed by atoms with Crippen molar-refractivity contribution in [3.8, 4) is 0 Å². The minimum Gasteiger partial charge on any atom is -0.481 e. The number of rotatable bonds is 6. The van der Waals surface area contributed by atoms with Crippen LogP contribution in [-0.2, 0) is 14.8 Å². The van der Waals surface area contributed by atoms with E-state index < -0.39 is 16.0 Å². The summed E-state index contributed by atoms with van der Waals surface area (Å²) in [5.74, 6) is -1.09. The lowest BCUT2D eigenvalue weighted by atomic mass is 9.97. The summed E-state index contributed by atoms with van der Waals surface area (Å²) in [6, 6.07) is 1.28. The van der Waals surface area contributed by atoms with Gasteiger partial charge in [-0.1, -0.05) is 0 Å². The molecular weight excluding hydrogens is 340 g/mol. The minimum absolute atomic E-state index is 0.0261. The molecule has 1 aliphatic heterocycles. The Hall–Kier alpha value is -1.45. The Morgan fingerprint density at radius 1 is 1.43 bits per heavy atom. The zero-order valence-corrected chi connectivity index (χ0v) is 14.5. The first-order valence-electron chi connectivity index (χ1n) is 7.40. The van der Waals surface area contributed by atoms with Crippen LogP contribution in [0.2, 0.25) is 0 Å². The van der Waals surface area contributed by atoms with Crippen LogP contribution < -0.4 is 4.72 Å². The Balaban J connectivity index is 2.15. The first-order valence-corrected chi connectivity index (χ1v) is 9.76. The fraction of sp³-hybridized carbons (Fsp3) is 0.571. The topological polar surface area (TPSA) is 104 Å². The standard InChI is InChI=1S/C14H20N2O5S2/c1-15-23(20,21)11-8-12(22-9-11)14(19)16-7-3-2-4-10(16)5-6-13(17)18/h8-10,15H,2-7H2,1H3,(H,17,18). The first kappa shape index (κ1) is 17.9. The number of carboxylic acid groups (broad SMARTS) is 1. The highest BCUT2D eigenvalue weighted by atomic mass is 32.2. The van der Waals surface area contributed by atoms with E-state index in [1.165, 1.54) is 18.5 Å². The first-order chi connectivity index (χ1) is 10.8. The van der Waals surface area contributed by atoms with Gasteiger partial charge in [-0.2, -0.15) is 0 Å². The monoisotopic (exact) mass is 360 g/mol. The Bertz CT molecular complexity index is 683. The molecule has 23 heavy (non-hydrogen) atoms. The number of hydrogen-bond acceptors (Lipinski definition) is 5. The molecule has 0 aromatic carbocycles. The number of likely N-dealkylation sites (tertiary alicyclic amines) is 1. The van der Waals surface area contributed by atoms with Gasteiger partial charge in [0.1, 0.15) is 0 Å². The number of aliphatic carboxylic acids is 1. The summed E-state index contributed by atoms with van der Waals surface area (Å²) in [5.41, 5.74) is 0. The van der Waals surface area contributed by atoms with E-state index in [-0.39, 0.29) is 23.3 Å². The van der Waals surface area contributed by atoms with Crippen LogP contribution in [0, 0.1) is 0 Å². The van der Waals surface area contributed by atoms with Crippen molar-refractivity contribution in [3.05, 3.63) is 16.3 Å². The highest BCUT2D eigenvalue weighted by Crippen LogP contribution is 2.26. The van der Waals surface area contributed by atoms with E-state index in [2.05, 4.69) is 4.72 Å². The maximum absolute atomic E-state index is 12.7. The maximum Gasteiger partial charge on any atom is 0.303 e. The van der Waals surface area contributed by atoms with Crippen molar-refractivity contribution in [3.63, 3.8) is 0 Å². The second-order valence-corrected chi connectivity index (χ2v) is 8.23. The molecule has 0 radical (unpaired) electrons. The SMILES string of the molecule is CNS(=O)(=O)c1csc(C(=O)N2CCCCC2CCC(=O)O)c1. The third kappa shape index (κ3) is 4.30. The highest BCUT2D eigenvalue weighted by molar-refractivity contribution is 7.89. The molecule has 1 fully saturated rings. The lowest BCUT2D eigenvalue weighted by Crippen LogP contribution is -2.43. The van der Waals surface area contributed by atoms with Crippen LogP contribution in [0.25, 0.3) is 0 Å². The van der Waals surface area contributed by atoms with Gasteiger partial charge in [0.05, 0.1) is 9.77 Å². The number of thiophene rings is 1. The fourth-order valence-electron chi connectivity index (χ4n) is 2.69. The maximum atomic E-state index is 12.7. The summed E-state index contributed by atoms with van der Waals surface area (Å²) >= 11 is 1.09. The minimum atomic E-state index is -3.56. The van der Waals surface area contributed by atoms with E-state index in [0.717, 1.165) is 30.6 Å². The number of carboxylic acids is 1. The second-order valence-electron chi connectivity index (χ2n) is 5.43. The molecule has 0 aliphatic carbocycles. The van der Waals surface area contributed by atoms with Gasteiger partial charge in [-0.15, -0.1) is 11.3 Å². The van der Waals surface area contributed by atoms with Crippen LogP contribution in [0.5, 0.6) is 0 Å². The predicted octanol–water partition coefficient (Wildman–Crippen LogP) is 1.52. The average Bonchev–Trinajstić information content (AvgIpc) is 3.03. The Morgan fingerprint density at radius 2 is 2.17 bits per heavy atom. The molecular formula is C14H20N2O5S2. The zero-order valence-electron chi connectivity index (χ0n) is 12.8. The van der Waals surface area contributed by atoms with Gasteiger partial charge in [0.2, 0.25) is 10.0 Å². The normalized spacial score (nSPS) is 18.8. The largest absolute Gasteiger partial charge is 0.481 e. The van der Waals surface area contributed by atoms with Gasteiger partial charge >= 0.3 is 5.97 Å². The highest BCUT2D eigenvalue weighted by Gasteiger charge is 2.29. The van der Waals surface area contributed by atoms with Gasteiger partial charge in [-0.25, -0.2) is 13.1 Å². The van der Waals surface area contributed by atoms with Crippen molar-refractivity contribution in [2.24, 2.45) is 0 Å². The number of sulfonamides is 1. The number of piperidine rings is 1. The molecule has 1 aromatic heterocycles. The van der Waals surface area contributed by atoms with Crippen LogP contribution in [0.3, 0.4) is 0 Å². The number of nitrogens with one attached hydrogen (secondary N) is 1. The van der Waals surface area contributed by atoms with Gasteiger partial charge in [-0.3, -0.25) is 9.59 Å². The van der Waals surface area contributed by atoms with Crippen LogP contribution in [0.4, 0.5) is 0 Å². The summed E-state index contributed by atoms with van der Waals surface area (Å²) < 4.78 is 25.7. The smallest absolute Gasteiger partial charge is 0.303 e. The van der Waals surface area contributed by atoms with Crippen molar-refractivity contribution in [1.82, 2.24) is 9.62 Å². The summed E-state index contributed by atoms with van der Waals surface area (Å²) in [4.78, 5) is 25.5. The van der Waals surface area contributed by atoms with Gasteiger partial charge in [0.25, 0.3) is 5.91 Å². The molecule has 1 atom stereocenters. The number of carbonyl (C=O) groups is 2. The number of carbonyl (C=O) groups excluding carboxylic acids is 1. The molecule has 0 spiro atoms. The molecule has 1 aliphatic rings. The van der Waals surface area contributed by atoms with E-state index >= 15 is 0 Å². The van der Waals surface area contributed by atoms with Crippen LogP contribution in [0.15, 0.2) is 16.3 Å². The van der Waals surface area contributed by atoms with E-state index in [9.17, 15) is 18.0 Å². The second kappa shape index (κ2) is 7.41. The molecule has 7 nitrogen and oxygen atoms in total.